The molecule has 3 aromatic rings. The van der Waals surface area contributed by atoms with E-state index in [-0.39, 0.29) is 23.6 Å². The van der Waals surface area contributed by atoms with Crippen molar-refractivity contribution in [2.24, 2.45) is 5.10 Å². The molecule has 2 aliphatic rings. The summed E-state index contributed by atoms with van der Waals surface area (Å²) in [5.74, 6) is 0.163. The molecule has 4 N–H and O–H groups in total. The highest BCUT2D eigenvalue weighted by Crippen LogP contribution is 2.31. The highest BCUT2D eigenvalue weighted by molar-refractivity contribution is 6.02. The summed E-state index contributed by atoms with van der Waals surface area (Å²) < 4.78 is 0. The Morgan fingerprint density at radius 3 is 2.41 bits per heavy atom. The summed E-state index contributed by atoms with van der Waals surface area (Å²) in [4.78, 5) is 26.9. The molecule has 2 aliphatic heterocycles. The van der Waals surface area contributed by atoms with Gasteiger partial charge in [0.2, 0.25) is 0 Å². The van der Waals surface area contributed by atoms with E-state index in [1.165, 1.54) is 11.8 Å². The molecule has 0 bridgehead atoms. The molecule has 2 atom stereocenters. The van der Waals surface area contributed by atoms with Crippen molar-refractivity contribution < 1.29 is 14.7 Å². The minimum Gasteiger partial charge on any atom is -0.508 e. The molecule has 8 heteroatoms. The molecule has 188 valence electrons. The predicted octanol–water partition coefficient (Wildman–Crippen LogP) is 4.48. The maximum absolute atomic E-state index is 12.7. The summed E-state index contributed by atoms with van der Waals surface area (Å²) in [6, 6.07) is 24.0. The van der Waals surface area contributed by atoms with Crippen LogP contribution in [0.5, 0.6) is 5.75 Å². The second kappa shape index (κ2) is 10.2. The van der Waals surface area contributed by atoms with E-state index in [1.807, 2.05) is 66.7 Å². The number of anilines is 1. The van der Waals surface area contributed by atoms with Gasteiger partial charge >= 0.3 is 6.03 Å². The number of ketones is 1. The fraction of sp³-hybridized carbons (Fsp3) is 0.207. The Hall–Kier alpha value is -4.59. The summed E-state index contributed by atoms with van der Waals surface area (Å²) in [6.07, 6.45) is 0.743. The van der Waals surface area contributed by atoms with E-state index >= 15 is 0 Å². The van der Waals surface area contributed by atoms with Gasteiger partial charge in [0.25, 0.3) is 0 Å². The zero-order chi connectivity index (χ0) is 25.9. The van der Waals surface area contributed by atoms with Crippen molar-refractivity contribution in [3.63, 3.8) is 0 Å². The number of hydrogen-bond donors (Lipinski definition) is 4. The SMILES string of the molecule is CC(=O)C1=C(CNc2ccc(C3=NNC(c4ccc(O)cc4)C3)cc2)N(C)C(=O)NC1c1ccccc1. The van der Waals surface area contributed by atoms with Crippen LogP contribution in [0, 0.1) is 0 Å². The fourth-order valence-corrected chi connectivity index (χ4v) is 4.77. The summed E-state index contributed by atoms with van der Waals surface area (Å²) in [6.45, 7) is 1.86. The molecule has 2 amide bonds. The number of amides is 2. The van der Waals surface area contributed by atoms with Gasteiger partial charge < -0.3 is 21.2 Å². The average molecular weight is 496 g/mol. The van der Waals surface area contributed by atoms with E-state index in [0.29, 0.717) is 17.8 Å². The number of aromatic hydroxyl groups is 1. The van der Waals surface area contributed by atoms with Gasteiger partial charge in [-0.3, -0.25) is 9.69 Å². The van der Waals surface area contributed by atoms with Gasteiger partial charge in [0, 0.05) is 24.7 Å². The monoisotopic (exact) mass is 495 g/mol. The van der Waals surface area contributed by atoms with Crippen LogP contribution in [0.4, 0.5) is 10.5 Å². The molecule has 0 aromatic heterocycles. The number of likely N-dealkylation sites (N-methyl/N-ethyl adjacent to an activating group) is 1. The van der Waals surface area contributed by atoms with E-state index in [9.17, 15) is 14.7 Å². The van der Waals surface area contributed by atoms with Crippen molar-refractivity contribution in [3.05, 3.63) is 107 Å². The number of carbonyl (C=O) groups excluding carboxylic acids is 2. The number of hydrogen-bond acceptors (Lipinski definition) is 6. The minimum absolute atomic E-state index is 0.0656. The van der Waals surface area contributed by atoms with Gasteiger partial charge in [-0.2, -0.15) is 5.10 Å². The molecular formula is C29H29N5O3. The largest absolute Gasteiger partial charge is 0.508 e. The lowest BCUT2D eigenvalue weighted by Crippen LogP contribution is -2.47. The molecule has 2 heterocycles. The number of rotatable bonds is 7. The van der Waals surface area contributed by atoms with Crippen molar-refractivity contribution in [2.75, 3.05) is 18.9 Å². The maximum Gasteiger partial charge on any atom is 0.322 e. The van der Waals surface area contributed by atoms with E-state index in [2.05, 4.69) is 21.2 Å². The first-order valence-corrected chi connectivity index (χ1v) is 12.2. The molecule has 3 aromatic carbocycles. The average Bonchev–Trinajstić information content (AvgIpc) is 3.40. The van der Waals surface area contributed by atoms with Crippen LogP contribution in [0.3, 0.4) is 0 Å². The van der Waals surface area contributed by atoms with Crippen LogP contribution >= 0.6 is 0 Å². The molecule has 0 spiro atoms. The number of nitrogens with zero attached hydrogens (tertiary/aromatic N) is 2. The number of nitrogens with one attached hydrogen (secondary N) is 3. The maximum atomic E-state index is 12.7. The van der Waals surface area contributed by atoms with Gasteiger partial charge in [0.15, 0.2) is 5.78 Å². The summed E-state index contributed by atoms with van der Waals surface area (Å²) in [5.41, 5.74) is 9.18. The number of carbonyl (C=O) groups is 2. The van der Waals surface area contributed by atoms with Crippen molar-refractivity contribution in [2.45, 2.75) is 25.4 Å². The van der Waals surface area contributed by atoms with Crippen LogP contribution in [-0.4, -0.2) is 41.1 Å². The predicted molar refractivity (Wildman–Crippen MR) is 143 cm³/mol. The molecule has 37 heavy (non-hydrogen) atoms. The van der Waals surface area contributed by atoms with Crippen LogP contribution in [0.2, 0.25) is 0 Å². The smallest absolute Gasteiger partial charge is 0.322 e. The Morgan fingerprint density at radius 1 is 1.03 bits per heavy atom. The number of phenolic OH excluding ortho intramolecular Hbond substituents is 1. The van der Waals surface area contributed by atoms with Crippen molar-refractivity contribution >= 4 is 23.2 Å². The first-order chi connectivity index (χ1) is 17.9. The molecule has 0 saturated carbocycles. The van der Waals surface area contributed by atoms with E-state index in [1.54, 1.807) is 19.2 Å². The third-order valence-corrected chi connectivity index (χ3v) is 6.82. The number of hydrazone groups is 1. The normalized spacial score (nSPS) is 19.2. The molecule has 8 nitrogen and oxygen atoms in total. The second-order valence-corrected chi connectivity index (χ2v) is 9.24. The Balaban J connectivity index is 1.30. The Kier molecular flexibility index (Phi) is 6.64. The third-order valence-electron chi connectivity index (χ3n) is 6.82. The Bertz CT molecular complexity index is 1360. The molecule has 2 unspecified atom stereocenters. The van der Waals surface area contributed by atoms with Crippen molar-refractivity contribution in [1.82, 2.24) is 15.6 Å². The van der Waals surface area contributed by atoms with Crippen LogP contribution in [0.25, 0.3) is 0 Å². The number of phenols is 1. The Labute approximate surface area is 215 Å². The Morgan fingerprint density at radius 2 is 1.73 bits per heavy atom. The van der Waals surface area contributed by atoms with E-state index in [4.69, 9.17) is 0 Å². The summed E-state index contributed by atoms with van der Waals surface area (Å²) in [5, 5.41) is 20.3. The van der Waals surface area contributed by atoms with Gasteiger partial charge in [-0.1, -0.05) is 54.6 Å². The number of benzene rings is 3. The topological polar surface area (TPSA) is 106 Å². The lowest BCUT2D eigenvalue weighted by Gasteiger charge is -2.35. The second-order valence-electron chi connectivity index (χ2n) is 9.24. The van der Waals surface area contributed by atoms with Crippen LogP contribution < -0.4 is 16.1 Å². The van der Waals surface area contributed by atoms with Crippen LogP contribution in [0.1, 0.15) is 42.1 Å². The lowest BCUT2D eigenvalue weighted by molar-refractivity contribution is -0.114. The first kappa shape index (κ1) is 24.1. The third kappa shape index (κ3) is 5.04. The zero-order valence-corrected chi connectivity index (χ0v) is 20.7. The highest BCUT2D eigenvalue weighted by Gasteiger charge is 2.34. The first-order valence-electron chi connectivity index (χ1n) is 12.2. The van der Waals surface area contributed by atoms with Gasteiger partial charge in [-0.15, -0.1) is 0 Å². The van der Waals surface area contributed by atoms with Crippen molar-refractivity contribution in [1.29, 1.82) is 0 Å². The highest BCUT2D eigenvalue weighted by atomic mass is 16.3. The lowest BCUT2D eigenvalue weighted by atomic mass is 9.92. The number of urea groups is 1. The van der Waals surface area contributed by atoms with Gasteiger partial charge in [-0.05, 0) is 47.9 Å². The summed E-state index contributed by atoms with van der Waals surface area (Å²) >= 11 is 0. The van der Waals surface area contributed by atoms with Crippen LogP contribution in [0.15, 0.2) is 95.2 Å². The number of Topliss-reactive ketones (excluding diaryl/α,β-unsaturated/α-hetero) is 1. The van der Waals surface area contributed by atoms with Gasteiger partial charge in [-0.25, -0.2) is 4.79 Å². The molecule has 5 rings (SSSR count). The minimum atomic E-state index is -0.490. The molecular weight excluding hydrogens is 466 g/mol. The van der Waals surface area contributed by atoms with Crippen molar-refractivity contribution in [3.8, 4) is 5.75 Å². The van der Waals surface area contributed by atoms with E-state index in [0.717, 1.165) is 34.5 Å². The quantitative estimate of drug-likeness (QED) is 0.387. The summed E-state index contributed by atoms with van der Waals surface area (Å²) in [7, 11) is 1.68. The van der Waals surface area contributed by atoms with Gasteiger partial charge in [0.1, 0.15) is 5.75 Å². The van der Waals surface area contributed by atoms with Gasteiger partial charge in [0.05, 0.1) is 30.0 Å². The van der Waals surface area contributed by atoms with Crippen LogP contribution in [-0.2, 0) is 4.79 Å². The molecule has 0 saturated heterocycles. The molecule has 0 radical (unpaired) electrons. The zero-order valence-electron chi connectivity index (χ0n) is 20.7. The molecule has 0 aliphatic carbocycles. The van der Waals surface area contributed by atoms with E-state index < -0.39 is 6.04 Å². The molecule has 0 fully saturated rings. The fourth-order valence-electron chi connectivity index (χ4n) is 4.77. The standard InChI is InChI=1S/C29H29N5O3/c1-18(35)27-26(34(2)29(37)31-28(27)21-6-4-3-5-7-21)17-30-22-12-8-19(9-13-22)24-16-25(33-32-24)20-10-14-23(36)15-11-20/h3-15,25,28,30,33,36H,16-17H2,1-2H3,(H,31,37).